The third-order valence-electron chi connectivity index (χ3n) is 3.22. The Morgan fingerprint density at radius 1 is 1.47 bits per heavy atom. The normalized spacial score (nSPS) is 19.2. The lowest BCUT2D eigenvalue weighted by Gasteiger charge is -2.21. The second kappa shape index (κ2) is 4.31. The van der Waals surface area contributed by atoms with Crippen molar-refractivity contribution in [3.05, 3.63) is 11.7 Å². The Kier molecular flexibility index (Phi) is 3.05. The SMILES string of the molecule is CC(C)C(N)Cc1nc(C2CCC2)no1. The highest BCUT2D eigenvalue weighted by Crippen LogP contribution is 2.34. The molecule has 4 heteroatoms. The largest absolute Gasteiger partial charge is 0.339 e. The number of nitrogens with zero attached hydrogens (tertiary/aromatic N) is 2. The summed E-state index contributed by atoms with van der Waals surface area (Å²) >= 11 is 0. The van der Waals surface area contributed by atoms with Crippen molar-refractivity contribution in [3.8, 4) is 0 Å². The van der Waals surface area contributed by atoms with Gasteiger partial charge in [0, 0.05) is 18.4 Å². The maximum absolute atomic E-state index is 5.95. The fraction of sp³-hybridized carbons (Fsp3) is 0.818. The Labute approximate surface area is 90.2 Å². The van der Waals surface area contributed by atoms with Crippen LogP contribution in [0.5, 0.6) is 0 Å². The van der Waals surface area contributed by atoms with E-state index in [0.717, 1.165) is 5.82 Å². The quantitative estimate of drug-likeness (QED) is 0.822. The topological polar surface area (TPSA) is 64.9 Å². The lowest BCUT2D eigenvalue weighted by molar-refractivity contribution is 0.335. The fourth-order valence-corrected chi connectivity index (χ4v) is 1.62. The van der Waals surface area contributed by atoms with Crippen LogP contribution in [0.4, 0.5) is 0 Å². The molecular weight excluding hydrogens is 190 g/mol. The van der Waals surface area contributed by atoms with E-state index in [-0.39, 0.29) is 6.04 Å². The van der Waals surface area contributed by atoms with Crippen LogP contribution < -0.4 is 5.73 Å². The minimum Gasteiger partial charge on any atom is -0.339 e. The summed E-state index contributed by atoms with van der Waals surface area (Å²) in [6.45, 7) is 4.21. The van der Waals surface area contributed by atoms with Gasteiger partial charge in [0.2, 0.25) is 5.89 Å². The van der Waals surface area contributed by atoms with Gasteiger partial charge in [0.05, 0.1) is 0 Å². The maximum Gasteiger partial charge on any atom is 0.228 e. The first kappa shape index (κ1) is 10.6. The van der Waals surface area contributed by atoms with Crippen LogP contribution in [-0.4, -0.2) is 16.2 Å². The molecule has 0 spiro atoms. The van der Waals surface area contributed by atoms with Gasteiger partial charge in [0.25, 0.3) is 0 Å². The second-order valence-electron chi connectivity index (χ2n) is 4.79. The monoisotopic (exact) mass is 209 g/mol. The van der Waals surface area contributed by atoms with E-state index in [1.165, 1.54) is 19.3 Å². The van der Waals surface area contributed by atoms with Crippen LogP contribution in [0.1, 0.15) is 50.7 Å². The predicted molar refractivity (Wildman–Crippen MR) is 57.4 cm³/mol. The van der Waals surface area contributed by atoms with Gasteiger partial charge < -0.3 is 10.3 Å². The molecule has 0 radical (unpaired) electrons. The molecule has 1 fully saturated rings. The van der Waals surface area contributed by atoms with Crippen LogP contribution >= 0.6 is 0 Å². The standard InChI is InChI=1S/C11H19N3O/c1-7(2)9(12)6-10-13-11(14-15-10)8-4-3-5-8/h7-9H,3-6,12H2,1-2H3. The molecular formula is C11H19N3O. The number of hydrogen-bond acceptors (Lipinski definition) is 4. The summed E-state index contributed by atoms with van der Waals surface area (Å²) in [7, 11) is 0. The lowest BCUT2D eigenvalue weighted by Crippen LogP contribution is -2.28. The van der Waals surface area contributed by atoms with E-state index in [4.69, 9.17) is 10.3 Å². The van der Waals surface area contributed by atoms with Crippen molar-refractivity contribution >= 4 is 0 Å². The third-order valence-corrected chi connectivity index (χ3v) is 3.22. The molecule has 1 unspecified atom stereocenters. The summed E-state index contributed by atoms with van der Waals surface area (Å²) in [6, 6.07) is 0.111. The van der Waals surface area contributed by atoms with Crippen LogP contribution in [0, 0.1) is 5.92 Å². The van der Waals surface area contributed by atoms with Crippen LogP contribution in [0.15, 0.2) is 4.52 Å². The minimum atomic E-state index is 0.111. The van der Waals surface area contributed by atoms with Crippen molar-refractivity contribution in [1.82, 2.24) is 10.1 Å². The minimum absolute atomic E-state index is 0.111. The van der Waals surface area contributed by atoms with Gasteiger partial charge in [0.15, 0.2) is 5.82 Å². The molecule has 2 N–H and O–H groups in total. The molecule has 1 aromatic heterocycles. The van der Waals surface area contributed by atoms with E-state index < -0.39 is 0 Å². The summed E-state index contributed by atoms with van der Waals surface area (Å²) in [5, 5.41) is 4.01. The Balaban J connectivity index is 1.94. The van der Waals surface area contributed by atoms with E-state index in [1.54, 1.807) is 0 Å². The highest BCUT2D eigenvalue weighted by atomic mass is 16.5. The molecule has 1 aliphatic rings. The number of aromatic nitrogens is 2. The van der Waals surface area contributed by atoms with Gasteiger partial charge >= 0.3 is 0 Å². The molecule has 0 saturated heterocycles. The molecule has 1 atom stereocenters. The van der Waals surface area contributed by atoms with Crippen molar-refractivity contribution < 1.29 is 4.52 Å². The number of hydrogen-bond donors (Lipinski definition) is 1. The molecule has 1 aromatic rings. The Morgan fingerprint density at radius 3 is 2.73 bits per heavy atom. The van der Waals surface area contributed by atoms with Crippen LogP contribution in [0.2, 0.25) is 0 Å². The average molecular weight is 209 g/mol. The van der Waals surface area contributed by atoms with Gasteiger partial charge in [-0.2, -0.15) is 4.98 Å². The predicted octanol–water partition coefficient (Wildman–Crippen LogP) is 1.86. The first-order valence-corrected chi connectivity index (χ1v) is 5.75. The molecule has 0 bridgehead atoms. The lowest BCUT2D eigenvalue weighted by atomic mass is 9.85. The summed E-state index contributed by atoms with van der Waals surface area (Å²) < 4.78 is 5.20. The molecule has 2 rings (SSSR count). The molecule has 4 nitrogen and oxygen atoms in total. The molecule has 0 aromatic carbocycles. The highest BCUT2D eigenvalue weighted by molar-refractivity contribution is 5.00. The Bertz CT molecular complexity index is 317. The smallest absolute Gasteiger partial charge is 0.228 e. The first-order valence-electron chi connectivity index (χ1n) is 5.75. The van der Waals surface area contributed by atoms with Crippen LogP contribution in [-0.2, 0) is 6.42 Å². The molecule has 1 aliphatic carbocycles. The van der Waals surface area contributed by atoms with Gasteiger partial charge in [-0.1, -0.05) is 25.4 Å². The van der Waals surface area contributed by atoms with Crippen molar-refractivity contribution in [3.63, 3.8) is 0 Å². The number of rotatable bonds is 4. The summed E-state index contributed by atoms with van der Waals surface area (Å²) in [5.74, 6) is 2.56. The maximum atomic E-state index is 5.95. The summed E-state index contributed by atoms with van der Waals surface area (Å²) in [6.07, 6.45) is 4.39. The molecule has 84 valence electrons. The van der Waals surface area contributed by atoms with Gasteiger partial charge in [-0.25, -0.2) is 0 Å². The Morgan fingerprint density at radius 2 is 2.20 bits per heavy atom. The summed E-state index contributed by atoms with van der Waals surface area (Å²) in [5.41, 5.74) is 5.95. The van der Waals surface area contributed by atoms with E-state index in [9.17, 15) is 0 Å². The fourth-order valence-electron chi connectivity index (χ4n) is 1.62. The van der Waals surface area contributed by atoms with Gasteiger partial charge in [-0.15, -0.1) is 0 Å². The number of nitrogens with two attached hydrogens (primary N) is 1. The molecule has 15 heavy (non-hydrogen) atoms. The van der Waals surface area contributed by atoms with E-state index in [1.807, 2.05) is 0 Å². The molecule has 0 aliphatic heterocycles. The molecule has 1 heterocycles. The average Bonchev–Trinajstić information content (AvgIpc) is 2.49. The zero-order valence-corrected chi connectivity index (χ0v) is 9.44. The van der Waals surface area contributed by atoms with E-state index in [0.29, 0.717) is 24.1 Å². The Hall–Kier alpha value is -0.900. The van der Waals surface area contributed by atoms with E-state index in [2.05, 4.69) is 24.0 Å². The van der Waals surface area contributed by atoms with Crippen molar-refractivity contribution in [1.29, 1.82) is 0 Å². The second-order valence-corrected chi connectivity index (χ2v) is 4.79. The molecule has 0 amide bonds. The van der Waals surface area contributed by atoms with E-state index >= 15 is 0 Å². The van der Waals surface area contributed by atoms with Crippen LogP contribution in [0.25, 0.3) is 0 Å². The van der Waals surface area contributed by atoms with Crippen LogP contribution in [0.3, 0.4) is 0 Å². The first-order chi connectivity index (χ1) is 7.16. The summed E-state index contributed by atoms with van der Waals surface area (Å²) in [4.78, 5) is 4.40. The van der Waals surface area contributed by atoms with Crippen molar-refractivity contribution in [2.45, 2.75) is 51.5 Å². The van der Waals surface area contributed by atoms with Crippen molar-refractivity contribution in [2.24, 2.45) is 11.7 Å². The molecule has 1 saturated carbocycles. The third kappa shape index (κ3) is 2.37. The highest BCUT2D eigenvalue weighted by Gasteiger charge is 2.25. The zero-order valence-electron chi connectivity index (χ0n) is 9.44. The zero-order chi connectivity index (χ0) is 10.8. The van der Waals surface area contributed by atoms with Crippen molar-refractivity contribution in [2.75, 3.05) is 0 Å². The van der Waals surface area contributed by atoms with Gasteiger partial charge in [-0.3, -0.25) is 0 Å². The van der Waals surface area contributed by atoms with Gasteiger partial charge in [0.1, 0.15) is 0 Å². The van der Waals surface area contributed by atoms with Gasteiger partial charge in [-0.05, 0) is 18.8 Å².